The number of nitrogens with one attached hydrogen (secondary N) is 1. The lowest BCUT2D eigenvalue weighted by atomic mass is 9.97. The molecule has 0 unspecified atom stereocenters. The summed E-state index contributed by atoms with van der Waals surface area (Å²) in [5.74, 6) is 2.28. The van der Waals surface area contributed by atoms with Crippen LogP contribution in [0.4, 0.5) is 0 Å². The minimum atomic E-state index is 0.458. The Kier molecular flexibility index (Phi) is 4.15. The van der Waals surface area contributed by atoms with Crippen LogP contribution in [0.1, 0.15) is 30.3 Å². The molecule has 1 aromatic carbocycles. The van der Waals surface area contributed by atoms with Gasteiger partial charge >= 0.3 is 0 Å². The second kappa shape index (κ2) is 6.22. The molecule has 1 aromatic heterocycles. The molecule has 0 spiro atoms. The molecule has 0 amide bonds. The molecule has 0 bridgehead atoms. The summed E-state index contributed by atoms with van der Waals surface area (Å²) in [7, 11) is 1.70. The van der Waals surface area contributed by atoms with Gasteiger partial charge in [0, 0.05) is 17.2 Å². The lowest BCUT2D eigenvalue weighted by molar-refractivity contribution is 0.416. The Labute approximate surface area is 125 Å². The topological polar surface area (TPSA) is 47.0 Å². The largest absolute Gasteiger partial charge is 0.496 e. The van der Waals surface area contributed by atoms with E-state index in [1.807, 2.05) is 37.3 Å². The van der Waals surface area contributed by atoms with Crippen molar-refractivity contribution in [1.29, 1.82) is 0 Å². The molecule has 110 valence electrons. The van der Waals surface area contributed by atoms with E-state index < -0.39 is 0 Å². The van der Waals surface area contributed by atoms with Crippen LogP contribution in [0.5, 0.6) is 5.75 Å². The molecule has 0 radical (unpaired) electrons. The number of methoxy groups -OCH3 is 1. The Morgan fingerprint density at radius 1 is 1.14 bits per heavy atom. The Morgan fingerprint density at radius 3 is 2.67 bits per heavy atom. The van der Waals surface area contributed by atoms with E-state index in [1.54, 1.807) is 7.11 Å². The minimum Gasteiger partial charge on any atom is -0.496 e. The van der Waals surface area contributed by atoms with Crippen molar-refractivity contribution in [1.82, 2.24) is 15.3 Å². The molecule has 2 aromatic rings. The molecule has 0 atom stereocenters. The first-order valence-corrected chi connectivity index (χ1v) is 7.47. The van der Waals surface area contributed by atoms with Gasteiger partial charge in [0.05, 0.1) is 12.8 Å². The first-order chi connectivity index (χ1) is 10.3. The van der Waals surface area contributed by atoms with Crippen molar-refractivity contribution in [2.24, 2.45) is 0 Å². The Hall–Kier alpha value is -1.94. The highest BCUT2D eigenvalue weighted by Gasteiger charge is 2.19. The zero-order valence-electron chi connectivity index (χ0n) is 12.6. The first-order valence-electron chi connectivity index (χ1n) is 7.47. The smallest absolute Gasteiger partial charge is 0.132 e. The average Bonchev–Trinajstić information content (AvgIpc) is 2.55. The second-order valence-corrected chi connectivity index (χ2v) is 5.48. The molecular weight excluding hydrogens is 262 g/mol. The minimum absolute atomic E-state index is 0.458. The van der Waals surface area contributed by atoms with Crippen molar-refractivity contribution in [2.75, 3.05) is 20.2 Å². The quantitative estimate of drug-likeness (QED) is 0.941. The molecule has 1 N–H and O–H groups in total. The Bertz CT molecular complexity index is 621. The maximum absolute atomic E-state index is 5.45. The summed E-state index contributed by atoms with van der Waals surface area (Å²) in [6.07, 6.45) is 2.21. The number of aryl methyl sites for hydroxylation is 1. The van der Waals surface area contributed by atoms with Gasteiger partial charge in [0.1, 0.15) is 11.6 Å². The summed E-state index contributed by atoms with van der Waals surface area (Å²) < 4.78 is 5.45. The van der Waals surface area contributed by atoms with Gasteiger partial charge in [-0.3, -0.25) is 0 Å². The van der Waals surface area contributed by atoms with Crippen LogP contribution in [-0.2, 0) is 0 Å². The third-order valence-corrected chi connectivity index (χ3v) is 3.96. The highest BCUT2D eigenvalue weighted by atomic mass is 16.5. The van der Waals surface area contributed by atoms with Gasteiger partial charge < -0.3 is 10.1 Å². The lowest BCUT2D eigenvalue weighted by Crippen LogP contribution is -2.27. The fraction of sp³-hybridized carbons (Fsp3) is 0.412. The van der Waals surface area contributed by atoms with Gasteiger partial charge in [-0.05, 0) is 51.1 Å². The molecule has 0 aliphatic carbocycles. The number of aromatic nitrogens is 2. The summed E-state index contributed by atoms with van der Waals surface area (Å²) in [4.78, 5) is 9.48. The maximum atomic E-state index is 5.45. The Balaban J connectivity index is 2.01. The van der Waals surface area contributed by atoms with Crippen molar-refractivity contribution in [2.45, 2.75) is 25.7 Å². The molecule has 0 saturated carbocycles. The van der Waals surface area contributed by atoms with Crippen molar-refractivity contribution in [3.05, 3.63) is 41.9 Å². The zero-order chi connectivity index (χ0) is 14.7. The van der Waals surface area contributed by atoms with Crippen molar-refractivity contribution < 1.29 is 4.74 Å². The molecule has 1 fully saturated rings. The summed E-state index contributed by atoms with van der Waals surface area (Å²) in [5.41, 5.74) is 2.99. The third kappa shape index (κ3) is 3.05. The van der Waals surface area contributed by atoms with E-state index in [1.165, 1.54) is 0 Å². The molecular formula is C17H21N3O. The summed E-state index contributed by atoms with van der Waals surface area (Å²) >= 11 is 0. The van der Waals surface area contributed by atoms with E-state index in [4.69, 9.17) is 9.72 Å². The number of ether oxygens (including phenoxy) is 1. The molecule has 1 saturated heterocycles. The van der Waals surface area contributed by atoms with Gasteiger partial charge in [-0.25, -0.2) is 9.97 Å². The van der Waals surface area contributed by atoms with Crippen LogP contribution in [-0.4, -0.2) is 30.2 Å². The van der Waals surface area contributed by atoms with Gasteiger partial charge in [-0.15, -0.1) is 0 Å². The normalized spacial score (nSPS) is 15.9. The molecule has 1 aliphatic rings. The van der Waals surface area contributed by atoms with Crippen molar-refractivity contribution in [3.63, 3.8) is 0 Å². The highest BCUT2D eigenvalue weighted by molar-refractivity contribution is 5.67. The summed E-state index contributed by atoms with van der Waals surface area (Å²) in [5, 5.41) is 3.39. The van der Waals surface area contributed by atoms with Crippen molar-refractivity contribution in [3.8, 4) is 17.0 Å². The van der Waals surface area contributed by atoms with E-state index in [0.717, 1.165) is 54.5 Å². The third-order valence-electron chi connectivity index (χ3n) is 3.96. The predicted octanol–water partition coefficient (Wildman–Crippen LogP) is 2.93. The average molecular weight is 283 g/mol. The number of hydrogen-bond donors (Lipinski definition) is 1. The van der Waals surface area contributed by atoms with E-state index in [9.17, 15) is 0 Å². The number of benzene rings is 1. The van der Waals surface area contributed by atoms with Gasteiger partial charge in [0.2, 0.25) is 0 Å². The van der Waals surface area contributed by atoms with Crippen LogP contribution >= 0.6 is 0 Å². The lowest BCUT2D eigenvalue weighted by Gasteiger charge is -2.22. The van der Waals surface area contributed by atoms with Crippen molar-refractivity contribution >= 4 is 0 Å². The van der Waals surface area contributed by atoms with Gasteiger partial charge in [0.15, 0.2) is 0 Å². The van der Waals surface area contributed by atoms with E-state index in [2.05, 4.69) is 10.3 Å². The number of para-hydroxylation sites is 1. The maximum Gasteiger partial charge on any atom is 0.132 e. The molecule has 3 rings (SSSR count). The molecule has 21 heavy (non-hydrogen) atoms. The van der Waals surface area contributed by atoms with Gasteiger partial charge in [-0.2, -0.15) is 0 Å². The zero-order valence-corrected chi connectivity index (χ0v) is 12.6. The fourth-order valence-electron chi connectivity index (χ4n) is 2.85. The molecule has 1 aliphatic heterocycles. The molecule has 2 heterocycles. The number of piperidine rings is 1. The number of rotatable bonds is 3. The second-order valence-electron chi connectivity index (χ2n) is 5.48. The van der Waals surface area contributed by atoms with E-state index >= 15 is 0 Å². The Morgan fingerprint density at radius 2 is 1.90 bits per heavy atom. The van der Waals surface area contributed by atoms with E-state index in [-0.39, 0.29) is 0 Å². The van der Waals surface area contributed by atoms with Crippen LogP contribution in [0.25, 0.3) is 11.3 Å². The number of hydrogen-bond acceptors (Lipinski definition) is 4. The van der Waals surface area contributed by atoms with Crippen LogP contribution < -0.4 is 10.1 Å². The monoisotopic (exact) mass is 283 g/mol. The SMILES string of the molecule is COc1ccccc1-c1cc(C)nc(C2CCNCC2)n1. The van der Waals surface area contributed by atoms with Crippen LogP contribution in [0.15, 0.2) is 30.3 Å². The van der Waals surface area contributed by atoms with Crippen LogP contribution in [0, 0.1) is 6.92 Å². The summed E-state index contributed by atoms with van der Waals surface area (Å²) in [6.45, 7) is 4.13. The fourth-order valence-corrected chi connectivity index (χ4v) is 2.85. The predicted molar refractivity (Wildman–Crippen MR) is 83.6 cm³/mol. The van der Waals surface area contributed by atoms with Gasteiger partial charge in [-0.1, -0.05) is 12.1 Å². The van der Waals surface area contributed by atoms with Crippen LogP contribution in [0.2, 0.25) is 0 Å². The van der Waals surface area contributed by atoms with E-state index in [0.29, 0.717) is 5.92 Å². The molecule has 4 nitrogen and oxygen atoms in total. The van der Waals surface area contributed by atoms with Crippen LogP contribution in [0.3, 0.4) is 0 Å². The van der Waals surface area contributed by atoms with Gasteiger partial charge in [0.25, 0.3) is 0 Å². The number of nitrogens with zero attached hydrogens (tertiary/aromatic N) is 2. The standard InChI is InChI=1S/C17H21N3O/c1-12-11-15(14-5-3-4-6-16(14)21-2)20-17(19-12)13-7-9-18-10-8-13/h3-6,11,13,18H,7-10H2,1-2H3. The first kappa shape index (κ1) is 14.0. The highest BCUT2D eigenvalue weighted by Crippen LogP contribution is 2.30. The molecule has 4 heteroatoms. The summed E-state index contributed by atoms with van der Waals surface area (Å²) in [6, 6.07) is 10.0.